The third-order valence-corrected chi connectivity index (χ3v) is 3.27. The summed E-state index contributed by atoms with van der Waals surface area (Å²) in [6.07, 6.45) is 1.70. The highest BCUT2D eigenvalue weighted by atomic mass is 16.5. The minimum atomic E-state index is 0.254. The van der Waals surface area contributed by atoms with Gasteiger partial charge in [0.1, 0.15) is 0 Å². The van der Waals surface area contributed by atoms with Crippen LogP contribution in [-0.2, 0) is 18.0 Å². The molecule has 1 atom stereocenters. The van der Waals surface area contributed by atoms with Crippen LogP contribution in [0.1, 0.15) is 48.2 Å². The lowest BCUT2D eigenvalue weighted by atomic mass is 9.96. The first-order valence-corrected chi connectivity index (χ1v) is 5.93. The molecule has 1 aliphatic heterocycles. The van der Waals surface area contributed by atoms with Crippen LogP contribution in [0.15, 0.2) is 18.2 Å². The Hall–Kier alpha value is -1.15. The lowest BCUT2D eigenvalue weighted by Crippen LogP contribution is -2.05. The highest BCUT2D eigenvalue weighted by molar-refractivity contribution is 5.96. The number of benzene rings is 1. The molecule has 1 aliphatic rings. The first kappa shape index (κ1) is 11.3. The zero-order chi connectivity index (χ0) is 11.5. The molecule has 0 saturated heterocycles. The quantitative estimate of drug-likeness (QED) is 0.724. The number of rotatable bonds is 4. The second-order valence-corrected chi connectivity index (χ2v) is 4.62. The molecule has 0 radical (unpaired) electrons. The van der Waals surface area contributed by atoms with Crippen LogP contribution in [0.25, 0.3) is 0 Å². The Balaban J connectivity index is 2.12. The number of ether oxygens (including phenoxy) is 1. The minimum absolute atomic E-state index is 0.254. The van der Waals surface area contributed by atoms with Gasteiger partial charge in [-0.25, -0.2) is 0 Å². The van der Waals surface area contributed by atoms with Gasteiger partial charge in [0.15, 0.2) is 5.78 Å². The molecule has 0 aromatic heterocycles. The molecule has 0 fully saturated rings. The summed E-state index contributed by atoms with van der Waals surface area (Å²) in [4.78, 5) is 12.0. The van der Waals surface area contributed by atoms with Crippen molar-refractivity contribution in [3.63, 3.8) is 0 Å². The number of hydrogen-bond donors (Lipinski definition) is 0. The van der Waals surface area contributed by atoms with Crippen molar-refractivity contribution in [2.75, 3.05) is 0 Å². The zero-order valence-corrected chi connectivity index (χ0v) is 9.95. The standard InChI is InChI=1S/C14H18O2/c1-3-10(2)6-14(15)11-4-5-12-8-16-9-13(12)7-11/h4-5,7,10H,3,6,8-9H2,1-2H3. The maximum atomic E-state index is 12.0. The van der Waals surface area contributed by atoms with Gasteiger partial charge in [-0.15, -0.1) is 0 Å². The SMILES string of the molecule is CCC(C)CC(=O)c1ccc2c(c1)COC2. The Morgan fingerprint density at radius 1 is 1.38 bits per heavy atom. The molecule has 0 spiro atoms. The molecule has 16 heavy (non-hydrogen) atoms. The molecule has 2 heteroatoms. The van der Waals surface area contributed by atoms with Gasteiger partial charge in [0.2, 0.25) is 0 Å². The molecular formula is C14H18O2. The Bertz CT molecular complexity index is 396. The Kier molecular flexibility index (Phi) is 3.39. The number of ketones is 1. The smallest absolute Gasteiger partial charge is 0.163 e. The van der Waals surface area contributed by atoms with E-state index in [1.54, 1.807) is 0 Å². The first-order valence-electron chi connectivity index (χ1n) is 5.93. The predicted octanol–water partition coefficient (Wildman–Crippen LogP) is 3.34. The van der Waals surface area contributed by atoms with Crippen molar-refractivity contribution in [3.8, 4) is 0 Å². The summed E-state index contributed by atoms with van der Waals surface area (Å²) in [5.41, 5.74) is 3.24. The van der Waals surface area contributed by atoms with Gasteiger partial charge in [0, 0.05) is 12.0 Å². The van der Waals surface area contributed by atoms with E-state index in [9.17, 15) is 4.79 Å². The number of Topliss-reactive ketones (excluding diaryl/α,β-unsaturated/α-hetero) is 1. The van der Waals surface area contributed by atoms with Crippen LogP contribution in [0.5, 0.6) is 0 Å². The van der Waals surface area contributed by atoms with Crippen LogP contribution in [0.2, 0.25) is 0 Å². The van der Waals surface area contributed by atoms with Gasteiger partial charge in [-0.1, -0.05) is 32.4 Å². The summed E-state index contributed by atoms with van der Waals surface area (Å²) in [5.74, 6) is 0.723. The van der Waals surface area contributed by atoms with Crippen molar-refractivity contribution in [1.82, 2.24) is 0 Å². The molecule has 0 amide bonds. The molecule has 2 nitrogen and oxygen atoms in total. The minimum Gasteiger partial charge on any atom is -0.372 e. The highest BCUT2D eigenvalue weighted by Gasteiger charge is 2.15. The molecule has 0 aliphatic carbocycles. The predicted molar refractivity (Wildman–Crippen MR) is 63.3 cm³/mol. The van der Waals surface area contributed by atoms with Gasteiger partial charge in [-0.3, -0.25) is 4.79 Å². The fourth-order valence-electron chi connectivity index (χ4n) is 1.92. The van der Waals surface area contributed by atoms with Crippen LogP contribution >= 0.6 is 0 Å². The third-order valence-electron chi connectivity index (χ3n) is 3.27. The lowest BCUT2D eigenvalue weighted by Gasteiger charge is -2.08. The van der Waals surface area contributed by atoms with E-state index < -0.39 is 0 Å². The van der Waals surface area contributed by atoms with Crippen LogP contribution in [0.3, 0.4) is 0 Å². The molecule has 0 bridgehead atoms. The van der Waals surface area contributed by atoms with Gasteiger partial charge < -0.3 is 4.74 Å². The summed E-state index contributed by atoms with van der Waals surface area (Å²) >= 11 is 0. The molecule has 2 rings (SSSR count). The average molecular weight is 218 g/mol. The van der Waals surface area contributed by atoms with E-state index in [4.69, 9.17) is 4.74 Å². The van der Waals surface area contributed by atoms with Crippen LogP contribution in [0.4, 0.5) is 0 Å². The van der Waals surface area contributed by atoms with Gasteiger partial charge in [-0.2, -0.15) is 0 Å². The second kappa shape index (κ2) is 4.79. The lowest BCUT2D eigenvalue weighted by molar-refractivity contribution is 0.0963. The molecule has 0 N–H and O–H groups in total. The van der Waals surface area contributed by atoms with E-state index in [2.05, 4.69) is 13.8 Å². The number of carbonyl (C=O) groups is 1. The van der Waals surface area contributed by atoms with Gasteiger partial charge >= 0.3 is 0 Å². The Morgan fingerprint density at radius 2 is 2.12 bits per heavy atom. The monoisotopic (exact) mass is 218 g/mol. The summed E-state index contributed by atoms with van der Waals surface area (Å²) in [5, 5.41) is 0. The van der Waals surface area contributed by atoms with E-state index in [0.717, 1.165) is 12.0 Å². The number of carbonyl (C=O) groups excluding carboxylic acids is 1. The van der Waals surface area contributed by atoms with Gasteiger partial charge in [0.05, 0.1) is 13.2 Å². The molecule has 1 aromatic carbocycles. The fraction of sp³-hybridized carbons (Fsp3) is 0.500. The van der Waals surface area contributed by atoms with Crippen molar-refractivity contribution in [1.29, 1.82) is 0 Å². The molecule has 86 valence electrons. The molecule has 1 heterocycles. The second-order valence-electron chi connectivity index (χ2n) is 4.62. The van der Waals surface area contributed by atoms with Crippen molar-refractivity contribution in [2.24, 2.45) is 5.92 Å². The summed E-state index contributed by atoms with van der Waals surface area (Å²) in [6.45, 7) is 5.58. The summed E-state index contributed by atoms with van der Waals surface area (Å²) in [6, 6.07) is 5.94. The maximum absolute atomic E-state index is 12.0. The van der Waals surface area contributed by atoms with Crippen LogP contribution < -0.4 is 0 Å². The Morgan fingerprint density at radius 3 is 2.88 bits per heavy atom. The first-order chi connectivity index (χ1) is 7.70. The van der Waals surface area contributed by atoms with E-state index in [1.807, 2.05) is 18.2 Å². The van der Waals surface area contributed by atoms with Crippen molar-refractivity contribution < 1.29 is 9.53 Å². The van der Waals surface area contributed by atoms with E-state index >= 15 is 0 Å². The maximum Gasteiger partial charge on any atom is 0.163 e. The van der Waals surface area contributed by atoms with Crippen LogP contribution in [0, 0.1) is 5.92 Å². The van der Waals surface area contributed by atoms with Gasteiger partial charge in [-0.05, 0) is 23.1 Å². The molecule has 1 aromatic rings. The summed E-state index contributed by atoms with van der Waals surface area (Å²) < 4.78 is 5.34. The Labute approximate surface area is 96.6 Å². The molecule has 1 unspecified atom stereocenters. The van der Waals surface area contributed by atoms with Crippen LogP contribution in [-0.4, -0.2) is 5.78 Å². The normalized spacial score (nSPS) is 15.9. The third kappa shape index (κ3) is 2.33. The summed E-state index contributed by atoms with van der Waals surface area (Å²) in [7, 11) is 0. The fourth-order valence-corrected chi connectivity index (χ4v) is 1.92. The van der Waals surface area contributed by atoms with E-state index in [-0.39, 0.29) is 5.78 Å². The average Bonchev–Trinajstić information content (AvgIpc) is 2.75. The largest absolute Gasteiger partial charge is 0.372 e. The number of fused-ring (bicyclic) bond motifs is 1. The van der Waals surface area contributed by atoms with Crippen molar-refractivity contribution in [3.05, 3.63) is 34.9 Å². The van der Waals surface area contributed by atoms with Crippen molar-refractivity contribution >= 4 is 5.78 Å². The van der Waals surface area contributed by atoms with Crippen molar-refractivity contribution in [2.45, 2.75) is 39.9 Å². The highest BCUT2D eigenvalue weighted by Crippen LogP contribution is 2.22. The molecule has 0 saturated carbocycles. The van der Waals surface area contributed by atoms with E-state index in [1.165, 1.54) is 11.1 Å². The topological polar surface area (TPSA) is 26.3 Å². The zero-order valence-electron chi connectivity index (χ0n) is 9.95. The molecular weight excluding hydrogens is 200 g/mol. The van der Waals surface area contributed by atoms with Gasteiger partial charge in [0.25, 0.3) is 0 Å². The van der Waals surface area contributed by atoms with E-state index in [0.29, 0.717) is 25.6 Å². The number of hydrogen-bond acceptors (Lipinski definition) is 2.